The summed E-state index contributed by atoms with van der Waals surface area (Å²) < 4.78 is 18.2. The zero-order valence-electron chi connectivity index (χ0n) is 20.6. The minimum Gasteiger partial charge on any atom is -0.458 e. The molecule has 0 aromatic carbocycles. The molecule has 9 unspecified atom stereocenters. The molecule has 0 aromatic heterocycles. The highest BCUT2D eigenvalue weighted by molar-refractivity contribution is 5.70. The van der Waals surface area contributed by atoms with E-state index in [1.54, 1.807) is 0 Å². The van der Waals surface area contributed by atoms with Crippen molar-refractivity contribution in [3.05, 3.63) is 24.3 Å². The Bertz CT molecular complexity index is 790. The Morgan fingerprint density at radius 2 is 1.91 bits per heavy atom. The average Bonchev–Trinajstić information content (AvgIpc) is 3.14. The highest BCUT2D eigenvalue weighted by atomic mass is 16.6. The van der Waals surface area contributed by atoms with Crippen LogP contribution in [0.15, 0.2) is 24.3 Å². The van der Waals surface area contributed by atoms with Gasteiger partial charge in [0.15, 0.2) is 0 Å². The maximum absolute atomic E-state index is 12.6. The molecule has 2 N–H and O–H groups in total. The van der Waals surface area contributed by atoms with E-state index in [9.17, 15) is 19.8 Å². The van der Waals surface area contributed by atoms with E-state index >= 15 is 0 Å². The lowest BCUT2D eigenvalue weighted by molar-refractivity contribution is -0.184. The third-order valence-electron chi connectivity index (χ3n) is 7.85. The molecule has 186 valence electrons. The summed E-state index contributed by atoms with van der Waals surface area (Å²) in [4.78, 5) is 24.4. The average molecular weight is 465 g/mol. The number of hydrogen-bond acceptors (Lipinski definition) is 7. The first kappa shape index (κ1) is 25.9. The zero-order chi connectivity index (χ0) is 24.7. The van der Waals surface area contributed by atoms with Gasteiger partial charge in [0.05, 0.1) is 12.2 Å². The van der Waals surface area contributed by atoms with Gasteiger partial charge in [-0.1, -0.05) is 33.9 Å². The Balaban J connectivity index is 2.10. The molecule has 3 rings (SSSR count). The van der Waals surface area contributed by atoms with Gasteiger partial charge in [0.2, 0.25) is 0 Å². The highest BCUT2D eigenvalue weighted by Gasteiger charge is 2.62. The van der Waals surface area contributed by atoms with Gasteiger partial charge in [-0.25, -0.2) is 0 Å². The first-order chi connectivity index (χ1) is 15.4. The summed E-state index contributed by atoms with van der Waals surface area (Å²) in [6.45, 7) is 17.6. The number of rotatable bonds is 5. The maximum Gasteiger partial charge on any atom is 0.306 e. The van der Waals surface area contributed by atoms with Crippen molar-refractivity contribution < 1.29 is 34.0 Å². The summed E-state index contributed by atoms with van der Waals surface area (Å²) in [6, 6.07) is 0. The Labute approximate surface area is 197 Å². The van der Waals surface area contributed by atoms with Crippen molar-refractivity contribution >= 4 is 11.9 Å². The fourth-order valence-electron chi connectivity index (χ4n) is 6.12. The number of aliphatic hydroxyl groups excluding tert-OH is 2. The van der Waals surface area contributed by atoms with E-state index in [1.165, 1.54) is 6.92 Å². The Morgan fingerprint density at radius 1 is 1.24 bits per heavy atom. The van der Waals surface area contributed by atoms with Crippen LogP contribution in [-0.2, 0) is 23.8 Å². The van der Waals surface area contributed by atoms with Gasteiger partial charge in [0.1, 0.15) is 23.9 Å². The number of aliphatic hydroxyl groups is 2. The number of carbonyl (C=O) groups excluding carboxylic acids is 2. The van der Waals surface area contributed by atoms with Crippen molar-refractivity contribution in [2.75, 3.05) is 0 Å². The Hall–Kier alpha value is -1.70. The predicted octanol–water partition coefficient (Wildman–Crippen LogP) is 3.32. The molecule has 7 heteroatoms. The fraction of sp³-hybridized carbons (Fsp3) is 0.769. The molecule has 7 nitrogen and oxygen atoms in total. The number of ether oxygens (including phenoxy) is 3. The van der Waals surface area contributed by atoms with Gasteiger partial charge < -0.3 is 24.4 Å². The quantitative estimate of drug-likeness (QED) is 0.475. The van der Waals surface area contributed by atoms with Crippen molar-refractivity contribution in [3.63, 3.8) is 0 Å². The van der Waals surface area contributed by atoms with E-state index in [2.05, 4.69) is 27.0 Å². The summed E-state index contributed by atoms with van der Waals surface area (Å²) >= 11 is 0. The molecule has 3 aliphatic rings. The summed E-state index contributed by atoms with van der Waals surface area (Å²) in [6.07, 6.45) is -1.53. The molecule has 9 atom stereocenters. The topological polar surface area (TPSA) is 102 Å². The van der Waals surface area contributed by atoms with Gasteiger partial charge >= 0.3 is 11.9 Å². The minimum atomic E-state index is -1.12. The van der Waals surface area contributed by atoms with Crippen LogP contribution in [0.2, 0.25) is 0 Å². The normalized spacial score (nSPS) is 41.1. The first-order valence-corrected chi connectivity index (χ1v) is 12.2. The Kier molecular flexibility index (Phi) is 7.76. The molecule has 33 heavy (non-hydrogen) atoms. The molecule has 0 amide bonds. The number of carbonyl (C=O) groups is 2. The van der Waals surface area contributed by atoms with E-state index in [-0.39, 0.29) is 41.2 Å². The van der Waals surface area contributed by atoms with Crippen LogP contribution in [0.3, 0.4) is 0 Å². The van der Waals surface area contributed by atoms with Crippen LogP contribution in [-0.4, -0.2) is 58.3 Å². The second-order valence-corrected chi connectivity index (χ2v) is 10.6. The van der Waals surface area contributed by atoms with E-state index in [1.807, 2.05) is 13.8 Å². The monoisotopic (exact) mass is 464 g/mol. The Morgan fingerprint density at radius 3 is 2.48 bits per heavy atom. The fourth-order valence-corrected chi connectivity index (χ4v) is 6.12. The molecule has 2 aliphatic heterocycles. The van der Waals surface area contributed by atoms with Crippen LogP contribution >= 0.6 is 0 Å². The van der Waals surface area contributed by atoms with Crippen LogP contribution in [0, 0.1) is 23.7 Å². The number of esters is 2. The van der Waals surface area contributed by atoms with Crippen LogP contribution in [0.1, 0.15) is 66.7 Å². The molecular weight excluding hydrogens is 424 g/mol. The van der Waals surface area contributed by atoms with Gasteiger partial charge in [-0.2, -0.15) is 0 Å². The van der Waals surface area contributed by atoms with Crippen LogP contribution < -0.4 is 0 Å². The molecule has 2 saturated heterocycles. The maximum atomic E-state index is 12.6. The van der Waals surface area contributed by atoms with E-state index in [0.717, 1.165) is 0 Å². The molecule has 3 fully saturated rings. The highest BCUT2D eigenvalue weighted by Crippen LogP contribution is 2.56. The van der Waals surface area contributed by atoms with Crippen LogP contribution in [0.25, 0.3) is 0 Å². The molecule has 2 bridgehead atoms. The van der Waals surface area contributed by atoms with Gasteiger partial charge in [0.25, 0.3) is 0 Å². The molecule has 0 spiro atoms. The molecule has 0 aromatic rings. The minimum absolute atomic E-state index is 0.0913. The lowest BCUT2D eigenvalue weighted by Crippen LogP contribution is -2.53. The van der Waals surface area contributed by atoms with Gasteiger partial charge in [0, 0.05) is 25.2 Å². The van der Waals surface area contributed by atoms with Crippen LogP contribution in [0.5, 0.6) is 0 Å². The summed E-state index contributed by atoms with van der Waals surface area (Å²) in [5.41, 5.74) is -0.00694. The zero-order valence-corrected chi connectivity index (χ0v) is 20.6. The largest absolute Gasteiger partial charge is 0.458 e. The molecule has 1 aliphatic carbocycles. The van der Waals surface area contributed by atoms with Gasteiger partial charge in [-0.05, 0) is 55.6 Å². The number of hydrogen-bond donors (Lipinski definition) is 2. The lowest BCUT2D eigenvalue weighted by Gasteiger charge is -2.47. The van der Waals surface area contributed by atoms with Crippen molar-refractivity contribution in [1.29, 1.82) is 0 Å². The number of fused-ring (bicyclic) bond motifs is 5. The van der Waals surface area contributed by atoms with Crippen LogP contribution in [0.4, 0.5) is 0 Å². The predicted molar refractivity (Wildman–Crippen MR) is 123 cm³/mol. The molecule has 0 radical (unpaired) electrons. The van der Waals surface area contributed by atoms with Gasteiger partial charge in [-0.3, -0.25) is 9.59 Å². The smallest absolute Gasteiger partial charge is 0.306 e. The van der Waals surface area contributed by atoms with E-state index in [4.69, 9.17) is 14.2 Å². The third kappa shape index (κ3) is 4.91. The van der Waals surface area contributed by atoms with E-state index < -0.39 is 36.1 Å². The van der Waals surface area contributed by atoms with Gasteiger partial charge in [-0.15, -0.1) is 0 Å². The SMILES string of the molecule is C=C1C(O)CCC(C)(OC(=O)CCC)C2OC(C1O)C1C(=C)C(OC(C)=O)CC(C(C)C)C12. The molecule has 1 saturated carbocycles. The van der Waals surface area contributed by atoms with Crippen molar-refractivity contribution in [2.45, 2.75) is 103 Å². The second-order valence-electron chi connectivity index (χ2n) is 10.6. The summed E-state index contributed by atoms with van der Waals surface area (Å²) in [7, 11) is 0. The van der Waals surface area contributed by atoms with Crippen molar-refractivity contribution in [3.8, 4) is 0 Å². The second kappa shape index (κ2) is 9.88. The summed E-state index contributed by atoms with van der Waals surface area (Å²) in [5.74, 6) is -0.779. The van der Waals surface area contributed by atoms with Crippen molar-refractivity contribution in [2.24, 2.45) is 23.7 Å². The molecule has 2 heterocycles. The van der Waals surface area contributed by atoms with Crippen molar-refractivity contribution in [1.82, 2.24) is 0 Å². The first-order valence-electron chi connectivity index (χ1n) is 12.2. The third-order valence-corrected chi connectivity index (χ3v) is 7.85. The lowest BCUT2D eigenvalue weighted by atomic mass is 9.60. The summed E-state index contributed by atoms with van der Waals surface area (Å²) in [5, 5.41) is 21.9. The standard InChI is InChI=1S/C26H40O7/c1-8-9-20(29)33-26(7)11-10-18(28)14(4)23(30)24-21-15(5)19(31-16(6)27)12-17(13(2)3)22(21)25(26)32-24/h13,17-19,21-25,28,30H,4-5,8-12H2,1-3,6-7H3. The molecular formula is C26H40O7. The van der Waals surface area contributed by atoms with E-state index in [0.29, 0.717) is 37.7 Å².